The van der Waals surface area contributed by atoms with Crippen molar-refractivity contribution >= 4 is 44.6 Å². The number of ether oxygens (including phenoxy) is 2. The van der Waals surface area contributed by atoms with Crippen LogP contribution in [0.3, 0.4) is 0 Å². The summed E-state index contributed by atoms with van der Waals surface area (Å²) in [5, 5.41) is 5.29. The summed E-state index contributed by atoms with van der Waals surface area (Å²) in [5.41, 5.74) is 1.16. The third kappa shape index (κ3) is 5.55. The zero-order valence-electron chi connectivity index (χ0n) is 19.1. The van der Waals surface area contributed by atoms with Gasteiger partial charge in [-0.05, 0) is 36.8 Å². The van der Waals surface area contributed by atoms with Gasteiger partial charge in [0.25, 0.3) is 5.56 Å². The Labute approximate surface area is 215 Å². The number of hydrogen-bond donors (Lipinski definition) is 0. The lowest BCUT2D eigenvalue weighted by Gasteiger charge is -2.14. The lowest BCUT2D eigenvalue weighted by Crippen LogP contribution is -2.22. The Morgan fingerprint density at radius 1 is 1.20 bits per heavy atom. The standard InChI is InChI=1S/C26H22BrClFN3O3/c1-3-6-24-31-22-10-9-18(27)12-20(22)26(33)32(24)30-14-17-11-19(28)13-23(34-2)25(17)35-15-16-7-4-5-8-21(16)29/h4-5,7-14H,3,6,15H2,1-2H3. The molecule has 9 heteroatoms. The summed E-state index contributed by atoms with van der Waals surface area (Å²) in [7, 11) is 1.48. The zero-order chi connectivity index (χ0) is 24.9. The quantitative estimate of drug-likeness (QED) is 0.236. The molecule has 0 aliphatic heterocycles. The van der Waals surface area contributed by atoms with Crippen molar-refractivity contribution in [1.82, 2.24) is 9.66 Å². The molecule has 4 rings (SSSR count). The van der Waals surface area contributed by atoms with E-state index in [0.717, 1.165) is 10.9 Å². The second-order valence-corrected chi connectivity index (χ2v) is 9.06. The summed E-state index contributed by atoms with van der Waals surface area (Å²) >= 11 is 9.69. The van der Waals surface area contributed by atoms with E-state index in [-0.39, 0.29) is 18.0 Å². The molecular formula is C26H22BrClFN3O3. The van der Waals surface area contributed by atoms with Gasteiger partial charge >= 0.3 is 0 Å². The number of fused-ring (bicyclic) bond motifs is 1. The molecule has 1 heterocycles. The first-order valence-corrected chi connectivity index (χ1v) is 12.1. The van der Waals surface area contributed by atoms with Crippen LogP contribution in [0, 0.1) is 5.82 Å². The lowest BCUT2D eigenvalue weighted by molar-refractivity contribution is 0.279. The Kier molecular flexibility index (Phi) is 7.83. The summed E-state index contributed by atoms with van der Waals surface area (Å²) in [4.78, 5) is 17.9. The summed E-state index contributed by atoms with van der Waals surface area (Å²) in [6.45, 7) is 1.97. The molecule has 1 aromatic heterocycles. The van der Waals surface area contributed by atoms with Gasteiger partial charge in [0, 0.05) is 33.1 Å². The molecule has 0 unspecified atom stereocenters. The molecule has 6 nitrogen and oxygen atoms in total. The van der Waals surface area contributed by atoms with E-state index < -0.39 is 0 Å². The number of nitrogens with zero attached hydrogens (tertiary/aromatic N) is 3. The molecular weight excluding hydrogens is 537 g/mol. The van der Waals surface area contributed by atoms with Crippen molar-refractivity contribution in [3.8, 4) is 11.5 Å². The van der Waals surface area contributed by atoms with E-state index in [1.807, 2.05) is 13.0 Å². The minimum absolute atomic E-state index is 0.0297. The van der Waals surface area contributed by atoms with Crippen molar-refractivity contribution in [2.24, 2.45) is 5.10 Å². The fourth-order valence-corrected chi connectivity index (χ4v) is 4.15. The Hall–Kier alpha value is -3.23. The molecule has 0 fully saturated rings. The first-order valence-electron chi connectivity index (χ1n) is 10.9. The Morgan fingerprint density at radius 3 is 2.74 bits per heavy atom. The average molecular weight is 559 g/mol. The normalized spacial score (nSPS) is 11.3. The third-order valence-electron chi connectivity index (χ3n) is 5.26. The van der Waals surface area contributed by atoms with Crippen LogP contribution in [-0.2, 0) is 13.0 Å². The van der Waals surface area contributed by atoms with Crippen LogP contribution in [0.15, 0.2) is 69.0 Å². The summed E-state index contributed by atoms with van der Waals surface area (Å²) < 4.78 is 27.6. The van der Waals surface area contributed by atoms with Gasteiger partial charge in [0.2, 0.25) is 0 Å². The molecule has 3 aromatic carbocycles. The van der Waals surface area contributed by atoms with Crippen LogP contribution in [0.2, 0.25) is 5.02 Å². The Bertz CT molecular complexity index is 1470. The van der Waals surface area contributed by atoms with Gasteiger partial charge in [-0.2, -0.15) is 9.78 Å². The minimum atomic E-state index is -0.375. The predicted octanol–water partition coefficient (Wildman–Crippen LogP) is 6.37. The number of methoxy groups -OCH3 is 1. The molecule has 0 saturated carbocycles. The van der Waals surface area contributed by atoms with E-state index in [1.54, 1.807) is 42.5 Å². The Balaban J connectivity index is 1.79. The molecule has 0 N–H and O–H groups in total. The number of benzene rings is 3. The number of aromatic nitrogens is 2. The number of halogens is 3. The Morgan fingerprint density at radius 2 is 2.00 bits per heavy atom. The van der Waals surface area contributed by atoms with Gasteiger partial charge in [-0.3, -0.25) is 4.79 Å². The van der Waals surface area contributed by atoms with E-state index >= 15 is 0 Å². The molecule has 0 spiro atoms. The maximum atomic E-state index is 14.1. The third-order valence-corrected chi connectivity index (χ3v) is 5.97. The van der Waals surface area contributed by atoms with Crippen molar-refractivity contribution in [1.29, 1.82) is 0 Å². The molecule has 0 atom stereocenters. The van der Waals surface area contributed by atoms with E-state index in [4.69, 9.17) is 21.1 Å². The summed E-state index contributed by atoms with van der Waals surface area (Å²) in [6.07, 6.45) is 2.82. The fraction of sp³-hybridized carbons (Fsp3) is 0.192. The number of hydrogen-bond acceptors (Lipinski definition) is 5. The maximum absolute atomic E-state index is 14.1. The molecule has 4 aromatic rings. The number of rotatable bonds is 8. The maximum Gasteiger partial charge on any atom is 0.282 e. The second-order valence-electron chi connectivity index (χ2n) is 7.71. The molecule has 0 aliphatic rings. The average Bonchev–Trinajstić information content (AvgIpc) is 2.84. The van der Waals surface area contributed by atoms with Gasteiger partial charge in [-0.1, -0.05) is 52.7 Å². The van der Waals surface area contributed by atoms with Crippen LogP contribution < -0.4 is 15.0 Å². The SMILES string of the molecule is CCCc1nc2ccc(Br)cc2c(=O)n1N=Cc1cc(Cl)cc(OC)c1OCc1ccccc1F. The van der Waals surface area contributed by atoms with E-state index in [1.165, 1.54) is 24.1 Å². The van der Waals surface area contributed by atoms with Crippen LogP contribution in [0.25, 0.3) is 10.9 Å². The second kappa shape index (κ2) is 11.0. The van der Waals surface area contributed by atoms with Crippen LogP contribution in [0.5, 0.6) is 11.5 Å². The summed E-state index contributed by atoms with van der Waals surface area (Å²) in [6, 6.07) is 14.9. The van der Waals surface area contributed by atoms with Crippen LogP contribution >= 0.6 is 27.5 Å². The monoisotopic (exact) mass is 557 g/mol. The van der Waals surface area contributed by atoms with Crippen molar-refractivity contribution < 1.29 is 13.9 Å². The van der Waals surface area contributed by atoms with Crippen LogP contribution in [0.1, 0.15) is 30.3 Å². The highest BCUT2D eigenvalue weighted by Gasteiger charge is 2.15. The van der Waals surface area contributed by atoms with Crippen molar-refractivity contribution in [2.45, 2.75) is 26.4 Å². The zero-order valence-corrected chi connectivity index (χ0v) is 21.4. The minimum Gasteiger partial charge on any atom is -0.493 e. The predicted molar refractivity (Wildman–Crippen MR) is 139 cm³/mol. The van der Waals surface area contributed by atoms with Crippen LogP contribution in [-0.4, -0.2) is 23.0 Å². The van der Waals surface area contributed by atoms with E-state index in [9.17, 15) is 9.18 Å². The molecule has 0 amide bonds. The van der Waals surface area contributed by atoms with Gasteiger partial charge in [-0.25, -0.2) is 9.37 Å². The highest BCUT2D eigenvalue weighted by Crippen LogP contribution is 2.34. The fourth-order valence-electron chi connectivity index (χ4n) is 3.58. The molecule has 0 radical (unpaired) electrons. The van der Waals surface area contributed by atoms with Crippen LogP contribution in [0.4, 0.5) is 4.39 Å². The lowest BCUT2D eigenvalue weighted by atomic mass is 10.2. The highest BCUT2D eigenvalue weighted by molar-refractivity contribution is 9.10. The first kappa shape index (κ1) is 24.9. The first-order chi connectivity index (χ1) is 16.9. The molecule has 0 bridgehead atoms. The van der Waals surface area contributed by atoms with Crippen molar-refractivity contribution in [2.75, 3.05) is 7.11 Å². The topological polar surface area (TPSA) is 65.7 Å². The molecule has 35 heavy (non-hydrogen) atoms. The molecule has 180 valence electrons. The number of aryl methyl sites for hydroxylation is 1. The van der Waals surface area contributed by atoms with E-state index in [0.29, 0.717) is 50.8 Å². The molecule has 0 saturated heterocycles. The van der Waals surface area contributed by atoms with Gasteiger partial charge < -0.3 is 9.47 Å². The van der Waals surface area contributed by atoms with Gasteiger partial charge in [0.15, 0.2) is 11.5 Å². The molecule has 0 aliphatic carbocycles. The van der Waals surface area contributed by atoms with Crippen molar-refractivity contribution in [3.05, 3.63) is 97.2 Å². The van der Waals surface area contributed by atoms with Crippen molar-refractivity contribution in [3.63, 3.8) is 0 Å². The van der Waals surface area contributed by atoms with Gasteiger partial charge in [0.05, 0.1) is 24.2 Å². The largest absolute Gasteiger partial charge is 0.493 e. The summed E-state index contributed by atoms with van der Waals surface area (Å²) in [5.74, 6) is 0.841. The van der Waals surface area contributed by atoms with E-state index in [2.05, 4.69) is 26.0 Å². The van der Waals surface area contributed by atoms with Gasteiger partial charge in [-0.15, -0.1) is 0 Å². The highest BCUT2D eigenvalue weighted by atomic mass is 79.9. The van der Waals surface area contributed by atoms with Gasteiger partial charge in [0.1, 0.15) is 18.2 Å². The smallest absolute Gasteiger partial charge is 0.282 e.